The van der Waals surface area contributed by atoms with Crippen LogP contribution in [-0.4, -0.2) is 0 Å². The van der Waals surface area contributed by atoms with Crippen LogP contribution in [0.1, 0.15) is 0 Å². The van der Waals surface area contributed by atoms with Crippen LogP contribution in [0.4, 0.5) is 0 Å². The van der Waals surface area contributed by atoms with E-state index in [4.69, 9.17) is 11.6 Å². The van der Waals surface area contributed by atoms with Crippen LogP contribution >= 0.6 is 43.5 Å². The van der Waals surface area contributed by atoms with Gasteiger partial charge >= 0.3 is 0 Å². The molecule has 0 heterocycles. The van der Waals surface area contributed by atoms with Crippen LogP contribution in [-0.2, 0) is 0 Å². The van der Waals surface area contributed by atoms with Crippen LogP contribution in [0.5, 0.6) is 0 Å². The van der Waals surface area contributed by atoms with E-state index in [0.717, 1.165) is 25.1 Å². The molecule has 2 rings (SSSR count). The molecule has 15 heavy (non-hydrogen) atoms. The summed E-state index contributed by atoms with van der Waals surface area (Å²) in [4.78, 5) is 0. The summed E-state index contributed by atoms with van der Waals surface area (Å²) in [5.41, 5.74) is 2.13. The van der Waals surface area contributed by atoms with E-state index in [1.807, 2.05) is 42.5 Å². The SMILES string of the molecule is Clc1ccccc1-c1cccc(Br)c1Br. The van der Waals surface area contributed by atoms with Crippen LogP contribution in [0, 0.1) is 0 Å². The first-order valence-corrected chi connectivity index (χ1v) is 6.35. The fourth-order valence-corrected chi connectivity index (χ4v) is 2.47. The Hall–Kier alpha value is -0.310. The quantitative estimate of drug-likeness (QED) is 0.637. The monoisotopic (exact) mass is 344 g/mol. The van der Waals surface area contributed by atoms with Crippen LogP contribution in [0.15, 0.2) is 51.4 Å². The minimum absolute atomic E-state index is 0.760. The predicted octanol–water partition coefficient (Wildman–Crippen LogP) is 5.53. The van der Waals surface area contributed by atoms with Gasteiger partial charge in [-0.15, -0.1) is 0 Å². The van der Waals surface area contributed by atoms with Gasteiger partial charge in [0.05, 0.1) is 0 Å². The molecule has 3 heteroatoms. The van der Waals surface area contributed by atoms with E-state index < -0.39 is 0 Å². The lowest BCUT2D eigenvalue weighted by Crippen LogP contribution is -1.81. The van der Waals surface area contributed by atoms with E-state index in [2.05, 4.69) is 31.9 Å². The van der Waals surface area contributed by atoms with Crippen LogP contribution in [0.25, 0.3) is 11.1 Å². The molecule has 0 nitrogen and oxygen atoms in total. The highest BCUT2D eigenvalue weighted by Gasteiger charge is 2.08. The molecule has 0 aromatic heterocycles. The number of rotatable bonds is 1. The molecule has 0 aliphatic carbocycles. The molecule has 0 spiro atoms. The third-order valence-electron chi connectivity index (χ3n) is 2.12. The van der Waals surface area contributed by atoms with Crippen LogP contribution in [0.3, 0.4) is 0 Å². The van der Waals surface area contributed by atoms with Gasteiger partial charge in [0.1, 0.15) is 0 Å². The van der Waals surface area contributed by atoms with Crippen molar-refractivity contribution in [3.8, 4) is 11.1 Å². The Labute approximate surface area is 111 Å². The van der Waals surface area contributed by atoms with Gasteiger partial charge in [-0.2, -0.15) is 0 Å². The topological polar surface area (TPSA) is 0 Å². The minimum atomic E-state index is 0.760. The molecular formula is C12H7Br2Cl. The van der Waals surface area contributed by atoms with Crippen molar-refractivity contribution < 1.29 is 0 Å². The molecule has 0 amide bonds. The summed E-state index contributed by atoms with van der Waals surface area (Å²) in [7, 11) is 0. The van der Waals surface area contributed by atoms with Crippen molar-refractivity contribution in [1.29, 1.82) is 0 Å². The Morgan fingerprint density at radius 2 is 1.47 bits per heavy atom. The molecule has 0 N–H and O–H groups in total. The maximum atomic E-state index is 6.15. The second-order valence-electron chi connectivity index (χ2n) is 3.08. The van der Waals surface area contributed by atoms with Gasteiger partial charge < -0.3 is 0 Å². The average molecular weight is 346 g/mol. The summed E-state index contributed by atoms with van der Waals surface area (Å²) < 4.78 is 2.05. The van der Waals surface area contributed by atoms with E-state index in [1.165, 1.54) is 0 Å². The predicted molar refractivity (Wildman–Crippen MR) is 72.3 cm³/mol. The fraction of sp³-hybridized carbons (Fsp3) is 0. The molecule has 2 aromatic rings. The zero-order valence-electron chi connectivity index (χ0n) is 7.68. The zero-order chi connectivity index (χ0) is 10.8. The first-order valence-electron chi connectivity index (χ1n) is 4.39. The zero-order valence-corrected chi connectivity index (χ0v) is 11.6. The Kier molecular flexibility index (Phi) is 3.49. The number of halogens is 3. The van der Waals surface area contributed by atoms with Crippen molar-refractivity contribution in [3.05, 3.63) is 56.4 Å². The number of benzene rings is 2. The van der Waals surface area contributed by atoms with Gasteiger partial charge in [0.25, 0.3) is 0 Å². The smallest absolute Gasteiger partial charge is 0.0484 e. The lowest BCUT2D eigenvalue weighted by molar-refractivity contribution is 1.55. The summed E-state index contributed by atoms with van der Waals surface area (Å²) >= 11 is 13.2. The summed E-state index contributed by atoms with van der Waals surface area (Å²) in [6.45, 7) is 0. The van der Waals surface area contributed by atoms with Gasteiger partial charge in [0, 0.05) is 19.5 Å². The first kappa shape index (κ1) is 11.2. The van der Waals surface area contributed by atoms with Crippen molar-refractivity contribution in [2.24, 2.45) is 0 Å². The van der Waals surface area contributed by atoms with E-state index in [1.54, 1.807) is 0 Å². The lowest BCUT2D eigenvalue weighted by atomic mass is 10.1. The largest absolute Gasteiger partial charge is 0.0837 e. The van der Waals surface area contributed by atoms with E-state index in [0.29, 0.717) is 0 Å². The van der Waals surface area contributed by atoms with Gasteiger partial charge in [-0.05, 0) is 49.6 Å². The van der Waals surface area contributed by atoms with Gasteiger partial charge in [0.2, 0.25) is 0 Å². The highest BCUT2D eigenvalue weighted by atomic mass is 79.9. The first-order chi connectivity index (χ1) is 7.20. The molecule has 0 unspecified atom stereocenters. The molecule has 0 fully saturated rings. The summed E-state index contributed by atoms with van der Waals surface area (Å²) in [6, 6.07) is 13.8. The van der Waals surface area contributed by atoms with Crippen molar-refractivity contribution in [2.75, 3.05) is 0 Å². The van der Waals surface area contributed by atoms with Crippen molar-refractivity contribution in [1.82, 2.24) is 0 Å². The Morgan fingerprint density at radius 1 is 0.800 bits per heavy atom. The molecular weight excluding hydrogens is 339 g/mol. The lowest BCUT2D eigenvalue weighted by Gasteiger charge is -2.07. The van der Waals surface area contributed by atoms with E-state index in [-0.39, 0.29) is 0 Å². The van der Waals surface area contributed by atoms with Crippen molar-refractivity contribution in [3.63, 3.8) is 0 Å². The highest BCUT2D eigenvalue weighted by molar-refractivity contribution is 9.13. The maximum absolute atomic E-state index is 6.15. The third kappa shape index (κ3) is 2.27. The molecule has 0 radical (unpaired) electrons. The van der Waals surface area contributed by atoms with Crippen molar-refractivity contribution >= 4 is 43.5 Å². The van der Waals surface area contributed by atoms with Gasteiger partial charge in [-0.1, -0.05) is 41.9 Å². The Bertz CT molecular complexity index is 495. The minimum Gasteiger partial charge on any atom is -0.0837 e. The normalized spacial score (nSPS) is 10.3. The summed E-state index contributed by atoms with van der Waals surface area (Å²) in [6.07, 6.45) is 0. The highest BCUT2D eigenvalue weighted by Crippen LogP contribution is 2.36. The fourth-order valence-electron chi connectivity index (χ4n) is 1.39. The molecule has 0 aliphatic rings. The van der Waals surface area contributed by atoms with Crippen LogP contribution in [0.2, 0.25) is 5.02 Å². The Morgan fingerprint density at radius 3 is 2.20 bits per heavy atom. The second-order valence-corrected chi connectivity index (χ2v) is 5.14. The molecule has 0 saturated heterocycles. The van der Waals surface area contributed by atoms with Crippen LogP contribution < -0.4 is 0 Å². The van der Waals surface area contributed by atoms with Gasteiger partial charge in [0.15, 0.2) is 0 Å². The second kappa shape index (κ2) is 4.69. The number of hydrogen-bond acceptors (Lipinski definition) is 0. The molecule has 2 aromatic carbocycles. The van der Waals surface area contributed by atoms with E-state index >= 15 is 0 Å². The maximum Gasteiger partial charge on any atom is 0.0484 e. The molecule has 0 atom stereocenters. The molecule has 0 bridgehead atoms. The average Bonchev–Trinajstić information content (AvgIpc) is 2.23. The number of hydrogen-bond donors (Lipinski definition) is 0. The summed E-state index contributed by atoms with van der Waals surface area (Å²) in [5.74, 6) is 0. The molecule has 0 saturated carbocycles. The van der Waals surface area contributed by atoms with Gasteiger partial charge in [-0.25, -0.2) is 0 Å². The standard InChI is InChI=1S/C12H7Br2Cl/c13-10-6-3-5-9(12(10)14)8-4-1-2-7-11(8)15/h1-7H. The van der Waals surface area contributed by atoms with E-state index in [9.17, 15) is 0 Å². The molecule has 76 valence electrons. The van der Waals surface area contributed by atoms with Crippen molar-refractivity contribution in [2.45, 2.75) is 0 Å². The Balaban J connectivity index is 2.65. The third-order valence-corrected chi connectivity index (χ3v) is 4.49. The van der Waals surface area contributed by atoms with Gasteiger partial charge in [-0.3, -0.25) is 0 Å². The molecule has 0 aliphatic heterocycles. The summed E-state index contributed by atoms with van der Waals surface area (Å²) in [5, 5.41) is 0.760.